The van der Waals surface area contributed by atoms with Crippen LogP contribution in [0.1, 0.15) is 12.5 Å². The molecule has 3 N–H and O–H groups in total. The van der Waals surface area contributed by atoms with Crippen molar-refractivity contribution >= 4 is 33.4 Å². The van der Waals surface area contributed by atoms with E-state index in [0.717, 1.165) is 10.0 Å². The van der Waals surface area contributed by atoms with Crippen molar-refractivity contribution in [2.45, 2.75) is 19.5 Å². The van der Waals surface area contributed by atoms with Crippen LogP contribution in [0, 0.1) is 0 Å². The van der Waals surface area contributed by atoms with Crippen molar-refractivity contribution in [2.75, 3.05) is 12.3 Å². The summed E-state index contributed by atoms with van der Waals surface area (Å²) < 4.78 is 0.883. The molecule has 1 saturated heterocycles. The third-order valence-corrected chi connectivity index (χ3v) is 3.73. The average molecular weight is 312 g/mol. The number of benzene rings is 1. The minimum atomic E-state index is -0.313. The van der Waals surface area contributed by atoms with E-state index in [1.54, 1.807) is 13.0 Å². The first-order valence-corrected chi connectivity index (χ1v) is 6.38. The summed E-state index contributed by atoms with van der Waals surface area (Å²) >= 11 is 3.43. The number of nitrogens with one attached hydrogen (secondary N) is 1. The maximum atomic E-state index is 11.5. The summed E-state index contributed by atoms with van der Waals surface area (Å²) in [4.78, 5) is 24.7. The van der Waals surface area contributed by atoms with E-state index in [4.69, 9.17) is 5.73 Å². The molecule has 0 bridgehead atoms. The summed E-state index contributed by atoms with van der Waals surface area (Å²) in [6, 6.07) is 5.19. The molecule has 1 aliphatic rings. The Hall–Kier alpha value is -1.40. The van der Waals surface area contributed by atoms with Gasteiger partial charge in [0.2, 0.25) is 11.8 Å². The third-order valence-electron chi connectivity index (χ3n) is 2.99. The normalized spacial score (nSPS) is 20.9. The van der Waals surface area contributed by atoms with Crippen LogP contribution in [0.15, 0.2) is 22.7 Å². The molecule has 1 atom stereocenters. The maximum Gasteiger partial charge on any atom is 0.243 e. The third kappa shape index (κ3) is 2.70. The van der Waals surface area contributed by atoms with E-state index in [1.807, 2.05) is 17.0 Å². The van der Waals surface area contributed by atoms with Crippen LogP contribution in [0.2, 0.25) is 0 Å². The maximum absolute atomic E-state index is 11.5. The van der Waals surface area contributed by atoms with Crippen LogP contribution in [0.25, 0.3) is 0 Å². The Labute approximate surface area is 113 Å². The molecule has 0 aliphatic carbocycles. The molecule has 2 amide bonds. The predicted molar refractivity (Wildman–Crippen MR) is 71.6 cm³/mol. The molecule has 18 heavy (non-hydrogen) atoms. The zero-order valence-electron chi connectivity index (χ0n) is 9.94. The van der Waals surface area contributed by atoms with Gasteiger partial charge in [-0.05, 0) is 24.6 Å². The van der Waals surface area contributed by atoms with Gasteiger partial charge in [0.15, 0.2) is 0 Å². The van der Waals surface area contributed by atoms with Crippen molar-refractivity contribution in [2.24, 2.45) is 0 Å². The average Bonchev–Trinajstić information content (AvgIpc) is 2.29. The lowest BCUT2D eigenvalue weighted by molar-refractivity contribution is -0.139. The van der Waals surface area contributed by atoms with Gasteiger partial charge in [-0.15, -0.1) is 0 Å². The van der Waals surface area contributed by atoms with Crippen LogP contribution >= 0.6 is 15.9 Å². The van der Waals surface area contributed by atoms with Gasteiger partial charge < -0.3 is 5.73 Å². The van der Waals surface area contributed by atoms with Crippen LogP contribution in [0.4, 0.5) is 5.69 Å². The Morgan fingerprint density at radius 1 is 1.50 bits per heavy atom. The lowest BCUT2D eigenvalue weighted by Crippen LogP contribution is -2.56. The zero-order chi connectivity index (χ0) is 13.3. The molecule has 0 aromatic heterocycles. The molecule has 6 heteroatoms. The summed E-state index contributed by atoms with van der Waals surface area (Å²) in [5.74, 6) is -0.512. The number of hydrogen-bond donors (Lipinski definition) is 2. The Morgan fingerprint density at radius 3 is 2.89 bits per heavy atom. The second-order valence-corrected chi connectivity index (χ2v) is 5.20. The van der Waals surface area contributed by atoms with Crippen LogP contribution in [0.5, 0.6) is 0 Å². The molecule has 1 aromatic carbocycles. The first-order chi connectivity index (χ1) is 8.47. The highest BCUT2D eigenvalue weighted by Gasteiger charge is 2.30. The van der Waals surface area contributed by atoms with Crippen molar-refractivity contribution in [1.29, 1.82) is 0 Å². The lowest BCUT2D eigenvalue weighted by atomic mass is 10.1. The van der Waals surface area contributed by atoms with Crippen molar-refractivity contribution < 1.29 is 9.59 Å². The van der Waals surface area contributed by atoms with Crippen molar-refractivity contribution in [3.8, 4) is 0 Å². The second kappa shape index (κ2) is 5.07. The molecule has 1 heterocycles. The van der Waals surface area contributed by atoms with Gasteiger partial charge in [0.05, 0.1) is 12.6 Å². The Balaban J connectivity index is 2.17. The number of nitrogens with two attached hydrogens (primary N) is 1. The number of piperazine rings is 1. The van der Waals surface area contributed by atoms with Gasteiger partial charge in [-0.3, -0.25) is 19.8 Å². The first-order valence-electron chi connectivity index (χ1n) is 5.59. The number of carbonyl (C=O) groups is 2. The van der Waals surface area contributed by atoms with Gasteiger partial charge in [-0.2, -0.15) is 0 Å². The highest BCUT2D eigenvalue weighted by molar-refractivity contribution is 9.10. The number of anilines is 1. The van der Waals surface area contributed by atoms with E-state index in [2.05, 4.69) is 21.2 Å². The molecule has 96 valence electrons. The zero-order valence-corrected chi connectivity index (χ0v) is 11.5. The number of nitrogen functional groups attached to an aromatic ring is 1. The fourth-order valence-corrected chi connectivity index (χ4v) is 2.39. The highest BCUT2D eigenvalue weighted by Crippen LogP contribution is 2.22. The summed E-state index contributed by atoms with van der Waals surface area (Å²) in [5, 5.41) is 2.32. The number of carbonyl (C=O) groups excluding carboxylic acids is 2. The van der Waals surface area contributed by atoms with Crippen molar-refractivity contribution in [3.63, 3.8) is 0 Å². The summed E-state index contributed by atoms with van der Waals surface area (Å²) in [5.41, 5.74) is 7.34. The minimum Gasteiger partial charge on any atom is -0.399 e. The van der Waals surface area contributed by atoms with Crippen LogP contribution in [-0.2, 0) is 16.1 Å². The van der Waals surface area contributed by atoms with Gasteiger partial charge in [-0.25, -0.2) is 0 Å². The van der Waals surface area contributed by atoms with Gasteiger partial charge in [0, 0.05) is 16.7 Å². The smallest absolute Gasteiger partial charge is 0.243 e. The van der Waals surface area contributed by atoms with Gasteiger partial charge in [0.25, 0.3) is 0 Å². The largest absolute Gasteiger partial charge is 0.399 e. The number of rotatable bonds is 2. The van der Waals surface area contributed by atoms with Gasteiger partial charge >= 0.3 is 0 Å². The number of hydrogen-bond acceptors (Lipinski definition) is 4. The fraction of sp³-hybridized carbons (Fsp3) is 0.333. The Bertz CT molecular complexity index is 504. The molecule has 1 fully saturated rings. The van der Waals surface area contributed by atoms with E-state index in [0.29, 0.717) is 12.2 Å². The van der Waals surface area contributed by atoms with E-state index < -0.39 is 0 Å². The van der Waals surface area contributed by atoms with E-state index in [1.165, 1.54) is 0 Å². The number of nitrogens with zero attached hydrogens (tertiary/aromatic N) is 1. The summed E-state index contributed by atoms with van der Waals surface area (Å²) in [6.07, 6.45) is 0. The predicted octanol–water partition coefficient (Wildman–Crippen LogP) is 0.878. The van der Waals surface area contributed by atoms with Crippen LogP contribution in [-0.4, -0.2) is 29.3 Å². The summed E-state index contributed by atoms with van der Waals surface area (Å²) in [7, 11) is 0. The number of halogens is 1. The Kier molecular flexibility index (Phi) is 3.68. The molecule has 1 unspecified atom stereocenters. The Morgan fingerprint density at radius 2 is 2.22 bits per heavy atom. The standard InChI is InChI=1S/C12H14BrN3O2/c1-7-12(18)15-11(17)6-16(7)5-8-2-3-9(14)4-10(8)13/h2-4,7H,5-6,14H2,1H3,(H,15,17,18). The molecule has 5 nitrogen and oxygen atoms in total. The number of amides is 2. The quantitative estimate of drug-likeness (QED) is 0.628. The molecule has 1 aliphatic heterocycles. The second-order valence-electron chi connectivity index (χ2n) is 4.34. The SMILES string of the molecule is CC1C(=O)NC(=O)CN1Cc1ccc(N)cc1Br. The molecule has 0 radical (unpaired) electrons. The molecular formula is C12H14BrN3O2. The van der Waals surface area contributed by atoms with Gasteiger partial charge in [0.1, 0.15) is 0 Å². The molecular weight excluding hydrogens is 298 g/mol. The molecule has 2 rings (SSSR count). The topological polar surface area (TPSA) is 75.4 Å². The monoisotopic (exact) mass is 311 g/mol. The summed E-state index contributed by atoms with van der Waals surface area (Å²) in [6.45, 7) is 2.54. The van der Waals surface area contributed by atoms with E-state index >= 15 is 0 Å². The molecule has 0 saturated carbocycles. The molecule has 0 spiro atoms. The van der Waals surface area contributed by atoms with Crippen LogP contribution < -0.4 is 11.1 Å². The van der Waals surface area contributed by atoms with Crippen LogP contribution in [0.3, 0.4) is 0 Å². The van der Waals surface area contributed by atoms with Crippen molar-refractivity contribution in [1.82, 2.24) is 10.2 Å². The number of imide groups is 1. The minimum absolute atomic E-state index is 0.226. The van der Waals surface area contributed by atoms with Gasteiger partial charge in [-0.1, -0.05) is 22.0 Å². The lowest BCUT2D eigenvalue weighted by Gasteiger charge is -2.31. The van der Waals surface area contributed by atoms with E-state index in [-0.39, 0.29) is 24.4 Å². The van der Waals surface area contributed by atoms with Crippen molar-refractivity contribution in [3.05, 3.63) is 28.2 Å². The highest BCUT2D eigenvalue weighted by atomic mass is 79.9. The fourth-order valence-electron chi connectivity index (χ4n) is 1.87. The van der Waals surface area contributed by atoms with E-state index in [9.17, 15) is 9.59 Å². The first kappa shape index (κ1) is 13.0. The molecule has 1 aromatic rings.